The van der Waals surface area contributed by atoms with Gasteiger partial charge < -0.3 is 4.74 Å². The Hall–Kier alpha value is -2.69. The Morgan fingerprint density at radius 3 is 2.90 bits per heavy atom. The van der Waals surface area contributed by atoms with Gasteiger partial charge in [0.25, 0.3) is 0 Å². The summed E-state index contributed by atoms with van der Waals surface area (Å²) in [6.45, 7) is 2.36. The number of benzene rings is 1. The lowest BCUT2D eigenvalue weighted by molar-refractivity contribution is 0.0294. The number of rotatable bonds is 4. The van der Waals surface area contributed by atoms with E-state index >= 15 is 0 Å². The molecule has 3 rings (SSSR count). The molecule has 0 aliphatic rings. The second-order valence-electron chi connectivity index (χ2n) is 4.82. The van der Waals surface area contributed by atoms with E-state index in [9.17, 15) is 4.79 Å². The largest absolute Gasteiger partial charge is 0.456 e. The van der Waals surface area contributed by atoms with Crippen LogP contribution >= 0.6 is 0 Å². The highest BCUT2D eigenvalue weighted by Gasteiger charge is 2.16. The number of carbonyl (C=O) groups excluding carboxylic acids is 1. The minimum Gasteiger partial charge on any atom is -0.456 e. The molecule has 0 radical (unpaired) electrons. The van der Waals surface area contributed by atoms with Crippen LogP contribution in [0.4, 0.5) is 0 Å². The van der Waals surface area contributed by atoms with Crippen LogP contribution in [0.25, 0.3) is 10.8 Å². The van der Waals surface area contributed by atoms with Crippen LogP contribution in [0.3, 0.4) is 0 Å². The van der Waals surface area contributed by atoms with Gasteiger partial charge in [-0.15, -0.1) is 0 Å². The molecule has 0 aliphatic carbocycles. The molecule has 2 heterocycles. The lowest BCUT2D eigenvalue weighted by Crippen LogP contribution is -2.21. The van der Waals surface area contributed by atoms with E-state index in [0.29, 0.717) is 12.2 Å². The molecule has 1 aromatic carbocycles. The minimum absolute atomic E-state index is 0.279. The van der Waals surface area contributed by atoms with Crippen LogP contribution < -0.4 is 0 Å². The van der Waals surface area contributed by atoms with Crippen molar-refractivity contribution in [1.29, 1.82) is 0 Å². The van der Waals surface area contributed by atoms with Crippen LogP contribution in [0.1, 0.15) is 17.4 Å². The highest BCUT2D eigenvalue weighted by Crippen LogP contribution is 2.17. The fourth-order valence-corrected chi connectivity index (χ4v) is 2.23. The number of esters is 1. The van der Waals surface area contributed by atoms with Crippen LogP contribution in [0.5, 0.6) is 0 Å². The zero-order valence-electron chi connectivity index (χ0n) is 11.6. The number of hydrogen-bond acceptors (Lipinski definition) is 4. The third kappa shape index (κ3) is 2.91. The minimum atomic E-state index is -0.411. The van der Waals surface area contributed by atoms with E-state index in [1.807, 2.05) is 49.5 Å². The predicted molar refractivity (Wildman–Crippen MR) is 78.8 cm³/mol. The van der Waals surface area contributed by atoms with Gasteiger partial charge in [-0.1, -0.05) is 24.3 Å². The van der Waals surface area contributed by atoms with Gasteiger partial charge >= 0.3 is 5.97 Å². The molecule has 0 N–H and O–H groups in total. The molecular weight excluding hydrogens is 266 g/mol. The van der Waals surface area contributed by atoms with Crippen molar-refractivity contribution in [2.24, 2.45) is 0 Å². The van der Waals surface area contributed by atoms with Crippen molar-refractivity contribution < 1.29 is 9.53 Å². The molecule has 5 heteroatoms. The molecule has 3 aromatic rings. The fourth-order valence-electron chi connectivity index (χ4n) is 2.23. The summed E-state index contributed by atoms with van der Waals surface area (Å²) in [6, 6.07) is 11.3. The zero-order chi connectivity index (χ0) is 14.7. The van der Waals surface area contributed by atoms with Crippen molar-refractivity contribution in [1.82, 2.24) is 14.8 Å². The zero-order valence-corrected chi connectivity index (χ0v) is 11.6. The van der Waals surface area contributed by atoms with Gasteiger partial charge in [0.05, 0.1) is 6.54 Å². The molecule has 0 bridgehead atoms. The molecule has 0 aliphatic heterocycles. The maximum atomic E-state index is 12.3. The van der Waals surface area contributed by atoms with E-state index in [1.54, 1.807) is 17.1 Å². The maximum Gasteiger partial charge on any atom is 0.357 e. The molecule has 0 saturated heterocycles. The number of pyridine rings is 1. The monoisotopic (exact) mass is 281 g/mol. The first kappa shape index (κ1) is 13.3. The number of nitrogens with zero attached hydrogens (tertiary/aromatic N) is 3. The molecule has 0 fully saturated rings. The van der Waals surface area contributed by atoms with E-state index in [-0.39, 0.29) is 6.10 Å². The third-order valence-electron chi connectivity index (χ3n) is 3.18. The first-order chi connectivity index (χ1) is 10.2. The van der Waals surface area contributed by atoms with Gasteiger partial charge in [-0.3, -0.25) is 4.68 Å². The second kappa shape index (κ2) is 5.75. The summed E-state index contributed by atoms with van der Waals surface area (Å²) in [5.41, 5.74) is 0.348. The first-order valence-electron chi connectivity index (χ1n) is 6.76. The Labute approximate surface area is 122 Å². The average molecular weight is 281 g/mol. The van der Waals surface area contributed by atoms with Crippen molar-refractivity contribution >= 4 is 16.7 Å². The normalized spacial score (nSPS) is 12.2. The summed E-state index contributed by atoms with van der Waals surface area (Å²) in [5, 5.41) is 5.87. The highest BCUT2D eigenvalue weighted by molar-refractivity contribution is 6.02. The van der Waals surface area contributed by atoms with Crippen LogP contribution in [0, 0.1) is 0 Å². The molecule has 1 atom stereocenters. The Morgan fingerprint density at radius 1 is 1.24 bits per heavy atom. The number of carbonyl (C=O) groups is 1. The summed E-state index contributed by atoms with van der Waals surface area (Å²) in [5.74, 6) is -0.411. The van der Waals surface area contributed by atoms with E-state index in [2.05, 4.69) is 10.1 Å². The Balaban J connectivity index is 1.78. The van der Waals surface area contributed by atoms with Crippen molar-refractivity contribution in [2.75, 3.05) is 0 Å². The van der Waals surface area contributed by atoms with E-state index < -0.39 is 5.97 Å². The van der Waals surface area contributed by atoms with Gasteiger partial charge in [0.1, 0.15) is 6.10 Å². The topological polar surface area (TPSA) is 57.0 Å². The van der Waals surface area contributed by atoms with Crippen LogP contribution in [0.15, 0.2) is 55.0 Å². The highest BCUT2D eigenvalue weighted by atomic mass is 16.5. The van der Waals surface area contributed by atoms with Gasteiger partial charge in [-0.05, 0) is 24.4 Å². The predicted octanol–water partition coefficient (Wildman–Crippen LogP) is 2.68. The van der Waals surface area contributed by atoms with Crippen LogP contribution in [-0.4, -0.2) is 26.8 Å². The molecule has 106 valence electrons. The Bertz CT molecular complexity index is 748. The number of hydrogen-bond donors (Lipinski definition) is 0. The van der Waals surface area contributed by atoms with Crippen LogP contribution in [-0.2, 0) is 11.3 Å². The molecule has 2 aromatic heterocycles. The average Bonchev–Trinajstić information content (AvgIpc) is 2.99. The maximum absolute atomic E-state index is 12.3. The number of aromatic nitrogens is 3. The van der Waals surface area contributed by atoms with E-state index in [0.717, 1.165) is 10.8 Å². The first-order valence-corrected chi connectivity index (χ1v) is 6.76. The molecule has 5 nitrogen and oxygen atoms in total. The van der Waals surface area contributed by atoms with Gasteiger partial charge in [0, 0.05) is 24.0 Å². The van der Waals surface area contributed by atoms with Crippen LogP contribution in [0.2, 0.25) is 0 Å². The molecule has 0 saturated carbocycles. The van der Waals surface area contributed by atoms with E-state index in [4.69, 9.17) is 4.74 Å². The lowest BCUT2D eigenvalue weighted by atomic mass is 10.1. The summed E-state index contributed by atoms with van der Waals surface area (Å²) >= 11 is 0. The van der Waals surface area contributed by atoms with Gasteiger partial charge in [0.15, 0.2) is 5.69 Å². The Kier molecular flexibility index (Phi) is 3.64. The Morgan fingerprint density at radius 2 is 2.10 bits per heavy atom. The molecule has 0 amide bonds. The summed E-state index contributed by atoms with van der Waals surface area (Å²) < 4.78 is 7.19. The van der Waals surface area contributed by atoms with E-state index in [1.165, 1.54) is 0 Å². The number of ether oxygens (including phenoxy) is 1. The summed E-state index contributed by atoms with van der Waals surface area (Å²) in [4.78, 5) is 16.4. The van der Waals surface area contributed by atoms with Gasteiger partial charge in [0.2, 0.25) is 0 Å². The van der Waals surface area contributed by atoms with Crippen molar-refractivity contribution in [3.63, 3.8) is 0 Å². The van der Waals surface area contributed by atoms with Gasteiger partial charge in [-0.2, -0.15) is 5.10 Å². The number of fused-ring (bicyclic) bond motifs is 1. The summed E-state index contributed by atoms with van der Waals surface area (Å²) in [7, 11) is 0. The van der Waals surface area contributed by atoms with Crippen molar-refractivity contribution in [3.8, 4) is 0 Å². The van der Waals surface area contributed by atoms with Crippen molar-refractivity contribution in [2.45, 2.75) is 19.6 Å². The third-order valence-corrected chi connectivity index (χ3v) is 3.18. The molecular formula is C16H15N3O2. The summed E-state index contributed by atoms with van der Waals surface area (Å²) in [6.07, 6.45) is 4.87. The van der Waals surface area contributed by atoms with Crippen molar-refractivity contribution in [3.05, 3.63) is 60.7 Å². The molecule has 0 spiro atoms. The van der Waals surface area contributed by atoms with Gasteiger partial charge in [-0.25, -0.2) is 9.78 Å². The fraction of sp³-hybridized carbons (Fsp3) is 0.188. The molecule has 21 heavy (non-hydrogen) atoms. The lowest BCUT2D eigenvalue weighted by Gasteiger charge is -2.13. The second-order valence-corrected chi connectivity index (χ2v) is 4.82. The smallest absolute Gasteiger partial charge is 0.357 e. The molecule has 1 unspecified atom stereocenters. The SMILES string of the molecule is CC(Cn1cccn1)OC(=O)c1nccc2ccccc12. The standard InChI is InChI=1S/C16H15N3O2/c1-12(11-19-10-4-8-18-19)21-16(20)15-14-6-3-2-5-13(14)7-9-17-15/h2-10,12H,11H2,1H3. The quantitative estimate of drug-likeness (QED) is 0.690.